The van der Waals surface area contributed by atoms with Gasteiger partial charge in [-0.2, -0.15) is 0 Å². The van der Waals surface area contributed by atoms with Gasteiger partial charge in [0.25, 0.3) is 5.56 Å². The predicted molar refractivity (Wildman–Crippen MR) is 119 cm³/mol. The molecule has 0 aliphatic carbocycles. The number of amides is 1. The molecule has 1 amide bonds. The summed E-state index contributed by atoms with van der Waals surface area (Å²) in [6, 6.07) is 19.3. The SMILES string of the molecule is Cc1cccc(-n2c(SCC(=O)NCc3ccccc3)nc3ccsc3c2=O)c1. The van der Waals surface area contributed by atoms with E-state index in [9.17, 15) is 9.59 Å². The van der Waals surface area contributed by atoms with E-state index in [-0.39, 0.29) is 17.2 Å². The minimum absolute atomic E-state index is 0.102. The highest BCUT2D eigenvalue weighted by Gasteiger charge is 2.15. The molecule has 0 spiro atoms. The van der Waals surface area contributed by atoms with Gasteiger partial charge in [-0.15, -0.1) is 11.3 Å². The van der Waals surface area contributed by atoms with Crippen LogP contribution in [0, 0.1) is 6.92 Å². The normalized spacial score (nSPS) is 10.9. The Labute approximate surface area is 176 Å². The van der Waals surface area contributed by atoms with Gasteiger partial charge in [-0.05, 0) is 41.6 Å². The molecule has 146 valence electrons. The summed E-state index contributed by atoms with van der Waals surface area (Å²) in [6.45, 7) is 2.46. The van der Waals surface area contributed by atoms with Crippen molar-refractivity contribution in [2.75, 3.05) is 5.75 Å². The molecule has 0 atom stereocenters. The first kappa shape index (κ1) is 19.4. The van der Waals surface area contributed by atoms with Gasteiger partial charge in [0.1, 0.15) is 4.70 Å². The Balaban J connectivity index is 1.58. The van der Waals surface area contributed by atoms with Gasteiger partial charge in [0, 0.05) is 6.54 Å². The fraction of sp³-hybridized carbons (Fsp3) is 0.136. The zero-order valence-corrected chi connectivity index (χ0v) is 17.4. The van der Waals surface area contributed by atoms with Crippen molar-refractivity contribution in [3.63, 3.8) is 0 Å². The van der Waals surface area contributed by atoms with Crippen molar-refractivity contribution >= 4 is 39.2 Å². The van der Waals surface area contributed by atoms with E-state index >= 15 is 0 Å². The Kier molecular flexibility index (Phi) is 5.78. The van der Waals surface area contributed by atoms with Crippen molar-refractivity contribution in [1.82, 2.24) is 14.9 Å². The third kappa shape index (κ3) is 4.41. The van der Waals surface area contributed by atoms with Gasteiger partial charge in [-0.3, -0.25) is 14.2 Å². The van der Waals surface area contributed by atoms with Crippen molar-refractivity contribution in [1.29, 1.82) is 0 Å². The Morgan fingerprint density at radius 2 is 1.97 bits per heavy atom. The number of nitrogens with zero attached hydrogens (tertiary/aromatic N) is 2. The number of carbonyl (C=O) groups is 1. The Hall–Kier alpha value is -2.90. The average molecular weight is 422 g/mol. The highest BCUT2D eigenvalue weighted by molar-refractivity contribution is 7.99. The molecule has 2 aromatic carbocycles. The molecular weight excluding hydrogens is 402 g/mol. The number of aromatic nitrogens is 2. The zero-order chi connectivity index (χ0) is 20.2. The third-order valence-corrected chi connectivity index (χ3v) is 6.20. The molecule has 0 unspecified atom stereocenters. The number of aryl methyl sites for hydroxylation is 1. The maximum atomic E-state index is 13.1. The van der Waals surface area contributed by atoms with Crippen LogP contribution in [0.3, 0.4) is 0 Å². The van der Waals surface area contributed by atoms with Crippen LogP contribution in [0.15, 0.2) is 76.0 Å². The molecule has 0 saturated carbocycles. The van der Waals surface area contributed by atoms with Crippen LogP contribution < -0.4 is 10.9 Å². The summed E-state index contributed by atoms with van der Waals surface area (Å²) in [5.41, 5.74) is 3.40. The fourth-order valence-corrected chi connectivity index (χ4v) is 4.56. The second kappa shape index (κ2) is 8.63. The van der Waals surface area contributed by atoms with Crippen molar-refractivity contribution in [2.45, 2.75) is 18.6 Å². The predicted octanol–water partition coefficient (Wildman–Crippen LogP) is 4.16. The minimum Gasteiger partial charge on any atom is -0.351 e. The molecule has 4 aromatic rings. The lowest BCUT2D eigenvalue weighted by atomic mass is 10.2. The summed E-state index contributed by atoms with van der Waals surface area (Å²) in [7, 11) is 0. The number of rotatable bonds is 6. The number of thioether (sulfide) groups is 1. The van der Waals surface area contributed by atoms with Gasteiger partial charge in [0.15, 0.2) is 5.16 Å². The quantitative estimate of drug-likeness (QED) is 0.375. The van der Waals surface area contributed by atoms with Crippen molar-refractivity contribution in [3.05, 3.63) is 87.5 Å². The summed E-state index contributed by atoms with van der Waals surface area (Å²) in [4.78, 5) is 30.1. The molecule has 2 aromatic heterocycles. The van der Waals surface area contributed by atoms with E-state index in [1.54, 1.807) is 4.57 Å². The molecular formula is C22H19N3O2S2. The van der Waals surface area contributed by atoms with E-state index in [0.717, 1.165) is 16.8 Å². The first-order valence-electron chi connectivity index (χ1n) is 9.12. The number of hydrogen-bond acceptors (Lipinski definition) is 5. The summed E-state index contributed by atoms with van der Waals surface area (Å²) in [5, 5.41) is 5.29. The smallest absolute Gasteiger partial charge is 0.276 e. The van der Waals surface area contributed by atoms with Gasteiger partial charge in [0.2, 0.25) is 5.91 Å². The first-order valence-corrected chi connectivity index (χ1v) is 11.0. The molecule has 1 N–H and O–H groups in total. The van der Waals surface area contributed by atoms with E-state index in [4.69, 9.17) is 0 Å². The van der Waals surface area contributed by atoms with Gasteiger partial charge < -0.3 is 5.32 Å². The van der Waals surface area contributed by atoms with E-state index in [2.05, 4.69) is 10.3 Å². The molecule has 0 radical (unpaired) electrons. The summed E-state index contributed by atoms with van der Waals surface area (Å²) < 4.78 is 2.21. The van der Waals surface area contributed by atoms with Gasteiger partial charge in [0.05, 0.1) is 17.0 Å². The molecule has 0 aliphatic rings. The lowest BCUT2D eigenvalue weighted by Crippen LogP contribution is -2.26. The molecule has 2 heterocycles. The van der Waals surface area contributed by atoms with E-state index in [0.29, 0.717) is 21.9 Å². The van der Waals surface area contributed by atoms with Gasteiger partial charge in [-0.1, -0.05) is 54.2 Å². The Bertz CT molecular complexity index is 1220. The second-order valence-electron chi connectivity index (χ2n) is 6.56. The van der Waals surface area contributed by atoms with Crippen LogP contribution in [0.25, 0.3) is 15.9 Å². The first-order chi connectivity index (χ1) is 14.1. The molecule has 0 fully saturated rings. The van der Waals surface area contributed by atoms with Gasteiger partial charge >= 0.3 is 0 Å². The molecule has 0 saturated heterocycles. The molecule has 5 nitrogen and oxygen atoms in total. The molecule has 0 bridgehead atoms. The van der Waals surface area contributed by atoms with Crippen LogP contribution in [-0.2, 0) is 11.3 Å². The maximum Gasteiger partial charge on any atom is 0.276 e. The zero-order valence-electron chi connectivity index (χ0n) is 15.8. The van der Waals surface area contributed by atoms with E-state index < -0.39 is 0 Å². The van der Waals surface area contributed by atoms with Crippen LogP contribution in [-0.4, -0.2) is 21.2 Å². The second-order valence-corrected chi connectivity index (χ2v) is 8.42. The van der Waals surface area contributed by atoms with Crippen molar-refractivity contribution in [2.24, 2.45) is 0 Å². The summed E-state index contributed by atoms with van der Waals surface area (Å²) in [5.74, 6) is 0.0788. The Morgan fingerprint density at radius 1 is 1.14 bits per heavy atom. The van der Waals surface area contributed by atoms with E-state index in [1.165, 1.54) is 23.1 Å². The molecule has 4 rings (SSSR count). The number of benzene rings is 2. The number of nitrogens with one attached hydrogen (secondary N) is 1. The number of fused-ring (bicyclic) bond motifs is 1. The highest BCUT2D eigenvalue weighted by Crippen LogP contribution is 2.24. The van der Waals surface area contributed by atoms with Crippen molar-refractivity contribution < 1.29 is 4.79 Å². The maximum absolute atomic E-state index is 13.1. The van der Waals surface area contributed by atoms with Crippen LogP contribution >= 0.6 is 23.1 Å². The van der Waals surface area contributed by atoms with Crippen LogP contribution in [0.5, 0.6) is 0 Å². The van der Waals surface area contributed by atoms with Crippen LogP contribution in [0.1, 0.15) is 11.1 Å². The van der Waals surface area contributed by atoms with Crippen LogP contribution in [0.4, 0.5) is 0 Å². The fourth-order valence-electron chi connectivity index (χ4n) is 2.96. The molecule has 7 heteroatoms. The van der Waals surface area contributed by atoms with Gasteiger partial charge in [-0.25, -0.2) is 4.98 Å². The lowest BCUT2D eigenvalue weighted by Gasteiger charge is -2.12. The largest absolute Gasteiger partial charge is 0.351 e. The van der Waals surface area contributed by atoms with E-state index in [1.807, 2.05) is 73.0 Å². The topological polar surface area (TPSA) is 64.0 Å². The summed E-state index contributed by atoms with van der Waals surface area (Å²) >= 11 is 2.65. The standard InChI is InChI=1S/C22H19N3O2S2/c1-15-6-5-9-17(12-15)25-21(27)20-18(10-11-28-20)24-22(25)29-14-19(26)23-13-16-7-3-2-4-8-16/h2-12H,13-14H2,1H3,(H,23,26). The monoisotopic (exact) mass is 421 g/mol. The molecule has 29 heavy (non-hydrogen) atoms. The number of hydrogen-bond donors (Lipinski definition) is 1. The summed E-state index contributed by atoms with van der Waals surface area (Å²) in [6.07, 6.45) is 0. The number of carbonyl (C=O) groups excluding carboxylic acids is 1. The van der Waals surface area contributed by atoms with Crippen molar-refractivity contribution in [3.8, 4) is 5.69 Å². The lowest BCUT2D eigenvalue weighted by molar-refractivity contribution is -0.118. The number of thiophene rings is 1. The molecule has 0 aliphatic heterocycles. The highest BCUT2D eigenvalue weighted by atomic mass is 32.2. The average Bonchev–Trinajstić information content (AvgIpc) is 3.20. The Morgan fingerprint density at radius 3 is 2.76 bits per heavy atom. The van der Waals surface area contributed by atoms with Crippen LogP contribution in [0.2, 0.25) is 0 Å². The third-order valence-electron chi connectivity index (χ3n) is 4.37. The minimum atomic E-state index is -0.109.